The number of nitrogens with one attached hydrogen (secondary N) is 2. The summed E-state index contributed by atoms with van der Waals surface area (Å²) < 4.78 is 0. The van der Waals surface area contributed by atoms with Crippen molar-refractivity contribution >= 4 is 22.9 Å². The van der Waals surface area contributed by atoms with E-state index in [0.29, 0.717) is 6.54 Å². The topological polar surface area (TPSA) is 29.2 Å². The van der Waals surface area contributed by atoms with Gasteiger partial charge in [0.15, 0.2) is 6.54 Å². The molecule has 0 bridgehead atoms. The number of rotatable bonds is 6. The molecule has 1 fully saturated rings. The van der Waals surface area contributed by atoms with Crippen molar-refractivity contribution in [3.8, 4) is 0 Å². The molecule has 4 nitrogen and oxygen atoms in total. The van der Waals surface area contributed by atoms with Gasteiger partial charge in [0, 0.05) is 12.2 Å². The van der Waals surface area contributed by atoms with Crippen LogP contribution in [0.2, 0.25) is 0 Å². The second-order valence-electron chi connectivity index (χ2n) is 6.41. The molecule has 0 spiro atoms. The molecule has 0 aliphatic carbocycles. The zero-order valence-electron chi connectivity index (χ0n) is 14.3. The van der Waals surface area contributed by atoms with Gasteiger partial charge in [-0.15, -0.1) is 11.3 Å². The van der Waals surface area contributed by atoms with E-state index < -0.39 is 0 Å². The van der Waals surface area contributed by atoms with Gasteiger partial charge in [-0.05, 0) is 30.5 Å². The zero-order chi connectivity index (χ0) is 16.8. The fourth-order valence-corrected chi connectivity index (χ4v) is 4.17. The Hall–Kier alpha value is -1.69. The number of anilines is 1. The number of quaternary nitrogens is 2. The van der Waals surface area contributed by atoms with E-state index in [-0.39, 0.29) is 5.91 Å². The first kappa shape index (κ1) is 17.1. The van der Waals surface area contributed by atoms with Gasteiger partial charge in [-0.25, -0.2) is 0 Å². The lowest BCUT2D eigenvalue weighted by Crippen LogP contribution is -3.28. The molecule has 2 heterocycles. The van der Waals surface area contributed by atoms with Gasteiger partial charge in [-0.1, -0.05) is 24.3 Å². The summed E-state index contributed by atoms with van der Waals surface area (Å²) in [5.41, 5.74) is 1.01. The van der Waals surface area contributed by atoms with Crippen molar-refractivity contribution in [1.29, 1.82) is 0 Å². The standard InChI is InChI=1S/C19H25N3OS/c1-2-22(17-7-4-3-5-8-17)19(23)16-21-12-10-20(11-13-21)15-18-9-6-14-24-18/h3-9,14H,2,10-13,15-16H2,1H3/p+2. The summed E-state index contributed by atoms with van der Waals surface area (Å²) in [5, 5.41) is 2.15. The molecule has 2 aromatic rings. The van der Waals surface area contributed by atoms with E-state index in [1.807, 2.05) is 53.5 Å². The summed E-state index contributed by atoms with van der Waals surface area (Å²) in [6.07, 6.45) is 0. The minimum absolute atomic E-state index is 0.236. The molecule has 2 N–H and O–H groups in total. The van der Waals surface area contributed by atoms with Gasteiger partial charge in [-0.2, -0.15) is 0 Å². The van der Waals surface area contributed by atoms with Crippen molar-refractivity contribution < 1.29 is 14.6 Å². The SMILES string of the molecule is CCN(C(=O)C[NH+]1CC[NH+](Cc2cccs2)CC1)c1ccccc1. The van der Waals surface area contributed by atoms with Gasteiger partial charge in [0.25, 0.3) is 5.91 Å². The molecule has 3 rings (SSSR count). The fraction of sp³-hybridized carbons (Fsp3) is 0.421. The molecule has 1 aliphatic heterocycles. The summed E-state index contributed by atoms with van der Waals surface area (Å²) in [4.78, 5) is 19.1. The Bertz CT molecular complexity index is 621. The van der Waals surface area contributed by atoms with Crippen molar-refractivity contribution in [2.45, 2.75) is 13.5 Å². The normalized spacial score (nSPS) is 20.7. The van der Waals surface area contributed by atoms with Gasteiger partial charge in [0.05, 0.1) is 4.88 Å². The smallest absolute Gasteiger partial charge is 0.282 e. The summed E-state index contributed by atoms with van der Waals surface area (Å²) >= 11 is 1.84. The third-order valence-corrected chi connectivity index (χ3v) is 5.63. The van der Waals surface area contributed by atoms with Crippen molar-refractivity contribution in [1.82, 2.24) is 0 Å². The predicted molar refractivity (Wildman–Crippen MR) is 98.8 cm³/mol. The number of hydrogen-bond donors (Lipinski definition) is 2. The lowest BCUT2D eigenvalue weighted by molar-refractivity contribution is -1.01. The van der Waals surface area contributed by atoms with E-state index in [1.165, 1.54) is 9.78 Å². The number of carbonyl (C=O) groups is 1. The Morgan fingerprint density at radius 2 is 1.75 bits per heavy atom. The molecular weight excluding hydrogens is 318 g/mol. The second kappa shape index (κ2) is 8.42. The lowest BCUT2D eigenvalue weighted by atomic mass is 10.2. The molecule has 1 amide bonds. The molecule has 24 heavy (non-hydrogen) atoms. The van der Waals surface area contributed by atoms with Crippen LogP contribution in [0.3, 0.4) is 0 Å². The van der Waals surface area contributed by atoms with E-state index in [0.717, 1.165) is 45.0 Å². The number of carbonyl (C=O) groups excluding carboxylic acids is 1. The largest absolute Gasteiger partial charge is 0.321 e. The summed E-state index contributed by atoms with van der Waals surface area (Å²) in [7, 11) is 0. The second-order valence-corrected chi connectivity index (χ2v) is 7.44. The molecule has 0 radical (unpaired) electrons. The minimum atomic E-state index is 0.236. The van der Waals surface area contributed by atoms with E-state index in [2.05, 4.69) is 17.5 Å². The average Bonchev–Trinajstić information content (AvgIpc) is 3.11. The molecule has 1 aliphatic rings. The van der Waals surface area contributed by atoms with Crippen LogP contribution in [0.5, 0.6) is 0 Å². The van der Waals surface area contributed by atoms with Crippen LogP contribution in [0.15, 0.2) is 47.8 Å². The van der Waals surface area contributed by atoms with Crippen molar-refractivity contribution in [2.75, 3.05) is 44.2 Å². The van der Waals surface area contributed by atoms with Crippen LogP contribution in [-0.4, -0.2) is 45.2 Å². The van der Waals surface area contributed by atoms with Gasteiger partial charge < -0.3 is 14.7 Å². The molecule has 128 valence electrons. The highest BCUT2D eigenvalue weighted by molar-refractivity contribution is 7.09. The third kappa shape index (κ3) is 4.44. The number of likely N-dealkylation sites (N-methyl/N-ethyl adjacent to an activating group) is 1. The quantitative estimate of drug-likeness (QED) is 0.763. The Morgan fingerprint density at radius 1 is 1.04 bits per heavy atom. The van der Waals surface area contributed by atoms with Crippen molar-refractivity contribution in [2.24, 2.45) is 0 Å². The first-order chi connectivity index (χ1) is 11.8. The monoisotopic (exact) mass is 345 g/mol. The number of piperazine rings is 1. The van der Waals surface area contributed by atoms with Gasteiger partial charge in [0.1, 0.15) is 32.7 Å². The predicted octanol–water partition coefficient (Wildman–Crippen LogP) is 0.0846. The molecule has 0 saturated carbocycles. The highest BCUT2D eigenvalue weighted by Gasteiger charge is 2.27. The lowest BCUT2D eigenvalue weighted by Gasteiger charge is -2.30. The van der Waals surface area contributed by atoms with Crippen LogP contribution in [0.1, 0.15) is 11.8 Å². The number of amides is 1. The van der Waals surface area contributed by atoms with E-state index in [9.17, 15) is 4.79 Å². The average molecular weight is 346 g/mol. The van der Waals surface area contributed by atoms with Crippen LogP contribution in [0.4, 0.5) is 5.69 Å². The highest BCUT2D eigenvalue weighted by atomic mass is 32.1. The van der Waals surface area contributed by atoms with Crippen LogP contribution >= 0.6 is 11.3 Å². The first-order valence-electron chi connectivity index (χ1n) is 8.81. The molecule has 0 atom stereocenters. The van der Waals surface area contributed by atoms with Crippen molar-refractivity contribution in [3.05, 3.63) is 52.7 Å². The maximum atomic E-state index is 12.7. The van der Waals surface area contributed by atoms with Crippen LogP contribution in [0, 0.1) is 0 Å². The molecule has 5 heteroatoms. The number of benzene rings is 1. The van der Waals surface area contributed by atoms with Gasteiger partial charge in [-0.3, -0.25) is 4.79 Å². The Labute approximate surface area is 148 Å². The summed E-state index contributed by atoms with van der Waals surface area (Å²) in [6, 6.07) is 14.3. The number of para-hydroxylation sites is 1. The van der Waals surface area contributed by atoms with Crippen LogP contribution in [-0.2, 0) is 11.3 Å². The maximum Gasteiger partial charge on any atom is 0.282 e. The molecule has 0 unspecified atom stereocenters. The Morgan fingerprint density at radius 3 is 2.38 bits per heavy atom. The van der Waals surface area contributed by atoms with Crippen LogP contribution < -0.4 is 14.7 Å². The van der Waals surface area contributed by atoms with Gasteiger partial charge in [0.2, 0.25) is 0 Å². The third-order valence-electron chi connectivity index (χ3n) is 4.75. The Kier molecular flexibility index (Phi) is 6.01. The summed E-state index contributed by atoms with van der Waals surface area (Å²) in [6.45, 7) is 8.97. The molecule has 1 aromatic heterocycles. The number of hydrogen-bond acceptors (Lipinski definition) is 2. The van der Waals surface area contributed by atoms with E-state index in [4.69, 9.17) is 0 Å². The van der Waals surface area contributed by atoms with Gasteiger partial charge >= 0.3 is 0 Å². The van der Waals surface area contributed by atoms with E-state index >= 15 is 0 Å². The fourth-order valence-electron chi connectivity index (χ4n) is 3.39. The highest BCUT2D eigenvalue weighted by Crippen LogP contribution is 2.12. The molecule has 1 aromatic carbocycles. The van der Waals surface area contributed by atoms with Crippen LogP contribution in [0.25, 0.3) is 0 Å². The minimum Gasteiger partial charge on any atom is -0.321 e. The number of nitrogens with zero attached hydrogens (tertiary/aromatic N) is 1. The molecular formula is C19H27N3OS+2. The van der Waals surface area contributed by atoms with E-state index in [1.54, 1.807) is 4.90 Å². The molecule has 1 saturated heterocycles. The Balaban J connectivity index is 1.49. The maximum absolute atomic E-state index is 12.7. The zero-order valence-corrected chi connectivity index (χ0v) is 15.1. The summed E-state index contributed by atoms with van der Waals surface area (Å²) in [5.74, 6) is 0.236. The first-order valence-corrected chi connectivity index (χ1v) is 9.69. The number of thiophene rings is 1. The van der Waals surface area contributed by atoms with Crippen molar-refractivity contribution in [3.63, 3.8) is 0 Å².